The van der Waals surface area contributed by atoms with Gasteiger partial charge in [0.05, 0.1) is 12.0 Å². The van der Waals surface area contributed by atoms with Crippen molar-refractivity contribution in [3.8, 4) is 6.07 Å². The summed E-state index contributed by atoms with van der Waals surface area (Å²) >= 11 is 0. The summed E-state index contributed by atoms with van der Waals surface area (Å²) in [7, 11) is 3.60. The fraction of sp³-hybridized carbons (Fsp3) is 0.667. The molecular formula is C18H26N4O2. The maximum absolute atomic E-state index is 12.8. The van der Waals surface area contributed by atoms with E-state index in [4.69, 9.17) is 4.74 Å². The van der Waals surface area contributed by atoms with Crippen LogP contribution in [0.5, 0.6) is 0 Å². The molecule has 130 valence electrons. The van der Waals surface area contributed by atoms with Crippen molar-refractivity contribution >= 4 is 5.91 Å². The van der Waals surface area contributed by atoms with Crippen molar-refractivity contribution in [2.75, 3.05) is 39.9 Å². The third-order valence-corrected chi connectivity index (χ3v) is 5.75. The number of amides is 1. The van der Waals surface area contributed by atoms with E-state index < -0.39 is 0 Å². The Morgan fingerprint density at radius 2 is 2.12 bits per heavy atom. The van der Waals surface area contributed by atoms with Crippen molar-refractivity contribution in [1.82, 2.24) is 14.4 Å². The molecule has 1 aromatic rings. The Morgan fingerprint density at radius 1 is 1.38 bits per heavy atom. The van der Waals surface area contributed by atoms with Gasteiger partial charge in [-0.15, -0.1) is 0 Å². The maximum atomic E-state index is 12.8. The molecule has 0 N–H and O–H groups in total. The van der Waals surface area contributed by atoms with Crippen LogP contribution in [0.25, 0.3) is 0 Å². The Hall–Kier alpha value is -1.84. The van der Waals surface area contributed by atoms with E-state index in [0.717, 1.165) is 44.7 Å². The van der Waals surface area contributed by atoms with Gasteiger partial charge in [0.15, 0.2) is 0 Å². The average Bonchev–Trinajstić information content (AvgIpc) is 3.21. The molecule has 0 saturated carbocycles. The fourth-order valence-electron chi connectivity index (χ4n) is 4.05. The molecule has 1 amide bonds. The van der Waals surface area contributed by atoms with Crippen LogP contribution in [0.15, 0.2) is 6.07 Å². The van der Waals surface area contributed by atoms with Gasteiger partial charge >= 0.3 is 0 Å². The Bertz CT molecular complexity index is 675. The smallest absolute Gasteiger partial charge is 0.230 e. The van der Waals surface area contributed by atoms with E-state index in [9.17, 15) is 10.1 Å². The lowest BCUT2D eigenvalue weighted by Crippen LogP contribution is -2.38. The second kappa shape index (κ2) is 6.58. The molecule has 2 saturated heterocycles. The lowest BCUT2D eigenvalue weighted by molar-refractivity contribution is -0.136. The minimum atomic E-state index is -0.200. The van der Waals surface area contributed by atoms with Crippen molar-refractivity contribution in [3.63, 3.8) is 0 Å². The van der Waals surface area contributed by atoms with Crippen molar-refractivity contribution < 1.29 is 9.53 Å². The number of nitrogens with zero attached hydrogens (tertiary/aromatic N) is 4. The summed E-state index contributed by atoms with van der Waals surface area (Å²) < 4.78 is 7.05. The minimum absolute atomic E-state index is 0.200. The first-order valence-corrected chi connectivity index (χ1v) is 8.57. The lowest BCUT2D eigenvalue weighted by Gasteiger charge is -2.23. The molecule has 1 atom stereocenters. The third-order valence-electron chi connectivity index (χ3n) is 5.75. The second-order valence-electron chi connectivity index (χ2n) is 7.09. The number of carbonyl (C=O) groups is 1. The first kappa shape index (κ1) is 17.0. The lowest BCUT2D eigenvalue weighted by atomic mass is 9.85. The predicted octanol–water partition coefficient (Wildman–Crippen LogP) is 1.28. The normalized spacial score (nSPS) is 24.2. The van der Waals surface area contributed by atoms with Crippen LogP contribution >= 0.6 is 0 Å². The fourth-order valence-corrected chi connectivity index (χ4v) is 4.05. The van der Waals surface area contributed by atoms with E-state index in [1.807, 2.05) is 22.6 Å². The van der Waals surface area contributed by atoms with Gasteiger partial charge in [-0.1, -0.05) is 0 Å². The minimum Gasteiger partial charge on any atom is -0.383 e. The van der Waals surface area contributed by atoms with Crippen LogP contribution in [-0.2, 0) is 23.1 Å². The van der Waals surface area contributed by atoms with E-state index in [0.29, 0.717) is 24.8 Å². The number of carbonyl (C=O) groups excluding carboxylic acids is 1. The summed E-state index contributed by atoms with van der Waals surface area (Å²) in [6.07, 6.45) is 1.88. The van der Waals surface area contributed by atoms with Crippen LogP contribution in [0.4, 0.5) is 0 Å². The zero-order chi connectivity index (χ0) is 17.3. The van der Waals surface area contributed by atoms with Crippen LogP contribution in [0.3, 0.4) is 0 Å². The number of aromatic nitrogens is 1. The van der Waals surface area contributed by atoms with Crippen molar-refractivity contribution in [3.05, 3.63) is 23.0 Å². The molecule has 6 heteroatoms. The molecule has 6 nitrogen and oxygen atoms in total. The van der Waals surface area contributed by atoms with Gasteiger partial charge in [0.25, 0.3) is 0 Å². The zero-order valence-electron chi connectivity index (χ0n) is 14.8. The molecule has 1 aromatic heterocycles. The number of nitriles is 1. The summed E-state index contributed by atoms with van der Waals surface area (Å²) in [5.74, 6) is 0.296. The Balaban J connectivity index is 1.66. The molecule has 24 heavy (non-hydrogen) atoms. The monoisotopic (exact) mass is 330 g/mol. The molecule has 0 bridgehead atoms. The molecule has 0 aliphatic carbocycles. The summed E-state index contributed by atoms with van der Waals surface area (Å²) in [4.78, 5) is 17.1. The van der Waals surface area contributed by atoms with Crippen LogP contribution in [0.2, 0.25) is 0 Å². The van der Waals surface area contributed by atoms with Gasteiger partial charge in [0.2, 0.25) is 5.91 Å². The van der Waals surface area contributed by atoms with E-state index in [-0.39, 0.29) is 5.41 Å². The predicted molar refractivity (Wildman–Crippen MR) is 90.3 cm³/mol. The highest BCUT2D eigenvalue weighted by Gasteiger charge is 2.50. The van der Waals surface area contributed by atoms with Gasteiger partial charge in [0, 0.05) is 46.0 Å². The second-order valence-corrected chi connectivity index (χ2v) is 7.09. The van der Waals surface area contributed by atoms with E-state index in [2.05, 4.69) is 17.9 Å². The van der Waals surface area contributed by atoms with E-state index in [1.165, 1.54) is 5.56 Å². The van der Waals surface area contributed by atoms with Crippen molar-refractivity contribution in [1.29, 1.82) is 5.26 Å². The number of hydrogen-bond acceptors (Lipinski definition) is 4. The standard InChI is InChI=1S/C18H26N4O2/c1-14-15(10-16(11-19)20(14)2)12-21-6-4-18(13-21)5-7-22(17(18)23)8-9-24-3/h10H,4-9,12-13H2,1-3H3. The first-order valence-electron chi connectivity index (χ1n) is 8.57. The van der Waals surface area contributed by atoms with Gasteiger partial charge in [-0.05, 0) is 37.9 Å². The van der Waals surface area contributed by atoms with E-state index in [1.54, 1.807) is 7.11 Å². The van der Waals surface area contributed by atoms with Crippen molar-refractivity contribution in [2.45, 2.75) is 26.3 Å². The molecular weight excluding hydrogens is 304 g/mol. The number of rotatable bonds is 5. The summed E-state index contributed by atoms with van der Waals surface area (Å²) in [5.41, 5.74) is 2.81. The summed E-state index contributed by atoms with van der Waals surface area (Å²) in [5, 5.41) is 9.17. The van der Waals surface area contributed by atoms with Gasteiger partial charge in [0.1, 0.15) is 11.8 Å². The van der Waals surface area contributed by atoms with E-state index >= 15 is 0 Å². The Kier molecular flexibility index (Phi) is 4.66. The van der Waals surface area contributed by atoms with Gasteiger partial charge in [-0.25, -0.2) is 0 Å². The van der Waals surface area contributed by atoms with Gasteiger partial charge in [-0.3, -0.25) is 9.69 Å². The molecule has 0 aromatic carbocycles. The first-order chi connectivity index (χ1) is 11.5. The maximum Gasteiger partial charge on any atom is 0.230 e. The van der Waals surface area contributed by atoms with Crippen LogP contribution in [-0.4, -0.2) is 60.2 Å². The molecule has 1 unspecified atom stereocenters. The topological polar surface area (TPSA) is 61.5 Å². The third kappa shape index (κ3) is 2.83. The SMILES string of the molecule is COCCN1CCC2(CCN(Cc3cc(C#N)n(C)c3C)C2)C1=O. The average molecular weight is 330 g/mol. The molecule has 2 fully saturated rings. The quantitative estimate of drug-likeness (QED) is 0.816. The number of hydrogen-bond donors (Lipinski definition) is 0. The summed E-state index contributed by atoms with van der Waals surface area (Å²) in [6.45, 7) is 6.78. The Morgan fingerprint density at radius 3 is 2.79 bits per heavy atom. The molecule has 1 spiro atoms. The van der Waals surface area contributed by atoms with Crippen LogP contribution < -0.4 is 0 Å². The van der Waals surface area contributed by atoms with Crippen LogP contribution in [0.1, 0.15) is 29.8 Å². The highest BCUT2D eigenvalue weighted by atomic mass is 16.5. The highest BCUT2D eigenvalue weighted by Crippen LogP contribution is 2.41. The molecule has 2 aliphatic rings. The zero-order valence-corrected chi connectivity index (χ0v) is 14.8. The number of ether oxygens (including phenoxy) is 1. The largest absolute Gasteiger partial charge is 0.383 e. The van der Waals surface area contributed by atoms with Gasteiger partial charge in [-0.2, -0.15) is 5.26 Å². The summed E-state index contributed by atoms with van der Waals surface area (Å²) in [6, 6.07) is 4.21. The van der Waals surface area contributed by atoms with Crippen molar-refractivity contribution in [2.24, 2.45) is 12.5 Å². The molecule has 0 radical (unpaired) electrons. The molecule has 2 aliphatic heterocycles. The molecule has 3 rings (SSSR count). The van der Waals surface area contributed by atoms with Crippen LogP contribution in [0, 0.1) is 23.7 Å². The highest BCUT2D eigenvalue weighted by molar-refractivity contribution is 5.85. The number of methoxy groups -OCH3 is 1. The number of likely N-dealkylation sites (tertiary alicyclic amines) is 2. The van der Waals surface area contributed by atoms with Gasteiger partial charge < -0.3 is 14.2 Å². The molecule has 3 heterocycles. The Labute approximate surface area is 143 Å².